The zero-order valence-corrected chi connectivity index (χ0v) is 18.5. The molecule has 0 bridgehead atoms. The molecule has 2 aromatic carbocycles. The van der Waals surface area contributed by atoms with E-state index in [1.54, 1.807) is 17.0 Å². The first-order valence-corrected chi connectivity index (χ1v) is 10.8. The van der Waals surface area contributed by atoms with Gasteiger partial charge in [0, 0.05) is 11.6 Å². The Bertz CT molecular complexity index is 1160. The summed E-state index contributed by atoms with van der Waals surface area (Å²) in [7, 11) is 0. The molecule has 0 spiro atoms. The van der Waals surface area contributed by atoms with Crippen LogP contribution in [-0.2, 0) is 23.9 Å². The van der Waals surface area contributed by atoms with E-state index < -0.39 is 29.9 Å². The molecule has 0 unspecified atom stereocenters. The van der Waals surface area contributed by atoms with Crippen molar-refractivity contribution >= 4 is 17.5 Å². The quantitative estimate of drug-likeness (QED) is 0.462. The van der Waals surface area contributed by atoms with Crippen molar-refractivity contribution in [3.8, 4) is 0 Å². The van der Waals surface area contributed by atoms with Gasteiger partial charge in [-0.2, -0.15) is 13.2 Å². The van der Waals surface area contributed by atoms with Crippen molar-refractivity contribution in [3.63, 3.8) is 0 Å². The maximum absolute atomic E-state index is 14.2. The summed E-state index contributed by atoms with van der Waals surface area (Å²) in [6.45, 7) is 2.70. The second-order valence-electron chi connectivity index (χ2n) is 8.04. The summed E-state index contributed by atoms with van der Waals surface area (Å²) in [5.74, 6) is -0.0238. The van der Waals surface area contributed by atoms with Crippen LogP contribution >= 0.6 is 11.6 Å². The number of benzene rings is 2. The molecule has 0 aliphatic carbocycles. The van der Waals surface area contributed by atoms with Crippen molar-refractivity contribution in [2.45, 2.75) is 44.9 Å². The normalized spacial score (nSPS) is 16.4. The van der Waals surface area contributed by atoms with Gasteiger partial charge in [0.1, 0.15) is 11.6 Å². The highest BCUT2D eigenvalue weighted by Crippen LogP contribution is 2.34. The minimum atomic E-state index is -4.61. The molecule has 5 nitrogen and oxygen atoms in total. The van der Waals surface area contributed by atoms with Gasteiger partial charge in [0.05, 0.1) is 24.6 Å². The fourth-order valence-electron chi connectivity index (χ4n) is 4.10. The first-order chi connectivity index (χ1) is 15.6. The lowest BCUT2D eigenvalue weighted by atomic mass is 10.1. The molecule has 0 N–H and O–H groups in total. The Morgan fingerprint density at radius 1 is 1.15 bits per heavy atom. The van der Waals surface area contributed by atoms with Crippen LogP contribution in [0.2, 0.25) is 5.02 Å². The Morgan fingerprint density at radius 3 is 2.58 bits per heavy atom. The van der Waals surface area contributed by atoms with Gasteiger partial charge in [-0.1, -0.05) is 23.7 Å². The predicted octanol–water partition coefficient (Wildman–Crippen LogP) is 5.35. The standard InChI is InChI=1S/C23H21ClF4N4O/c1-14-29-30-22(32(14)13-15-4-7-18(24)8-5-15)20-3-2-10-31(20)21(33)12-16-11-17(23(26,27)28)6-9-19(16)25/h4-9,11,20H,2-3,10,12-13H2,1H3/t20-/m1/s1. The van der Waals surface area contributed by atoms with Crippen LogP contribution in [0.5, 0.6) is 0 Å². The van der Waals surface area contributed by atoms with Crippen LogP contribution in [0.3, 0.4) is 0 Å². The van der Waals surface area contributed by atoms with E-state index in [0.29, 0.717) is 54.7 Å². The van der Waals surface area contributed by atoms with Crippen LogP contribution in [0, 0.1) is 12.7 Å². The second-order valence-corrected chi connectivity index (χ2v) is 8.48. The smallest absolute Gasteiger partial charge is 0.332 e. The highest BCUT2D eigenvalue weighted by Gasteiger charge is 2.35. The SMILES string of the molecule is Cc1nnc([C@H]2CCCN2C(=O)Cc2cc(C(F)(F)F)ccc2F)n1Cc1ccc(Cl)cc1. The monoisotopic (exact) mass is 480 g/mol. The second kappa shape index (κ2) is 9.13. The third-order valence-corrected chi connectivity index (χ3v) is 6.06. The predicted molar refractivity (Wildman–Crippen MR) is 114 cm³/mol. The molecule has 3 aromatic rings. The van der Waals surface area contributed by atoms with Gasteiger partial charge in [0.15, 0.2) is 5.82 Å². The van der Waals surface area contributed by atoms with Crippen molar-refractivity contribution < 1.29 is 22.4 Å². The number of rotatable bonds is 5. The molecule has 1 fully saturated rings. The zero-order valence-electron chi connectivity index (χ0n) is 17.7. The van der Waals surface area contributed by atoms with E-state index in [0.717, 1.165) is 11.6 Å². The maximum Gasteiger partial charge on any atom is 0.416 e. The summed E-state index contributed by atoms with van der Waals surface area (Å²) in [5.41, 5.74) is -0.284. The number of halogens is 5. The first kappa shape index (κ1) is 23.2. The lowest BCUT2D eigenvalue weighted by Crippen LogP contribution is -2.33. The van der Waals surface area contributed by atoms with Crippen molar-refractivity contribution in [1.82, 2.24) is 19.7 Å². The molecule has 174 valence electrons. The van der Waals surface area contributed by atoms with Gasteiger partial charge in [-0.25, -0.2) is 4.39 Å². The molecule has 4 rings (SSSR count). The summed E-state index contributed by atoms with van der Waals surface area (Å²) >= 11 is 5.96. The molecule has 10 heteroatoms. The topological polar surface area (TPSA) is 51.0 Å². The van der Waals surface area contributed by atoms with Crippen LogP contribution < -0.4 is 0 Å². The number of aryl methyl sites for hydroxylation is 1. The number of alkyl halides is 3. The van der Waals surface area contributed by atoms with Crippen LogP contribution in [-0.4, -0.2) is 32.1 Å². The molecule has 1 aromatic heterocycles. The van der Waals surface area contributed by atoms with Crippen molar-refractivity contribution in [2.75, 3.05) is 6.54 Å². The Hall–Kier alpha value is -2.94. The Kier molecular flexibility index (Phi) is 6.43. The van der Waals surface area contributed by atoms with Gasteiger partial charge in [-0.05, 0) is 61.2 Å². The molecular weight excluding hydrogens is 460 g/mol. The van der Waals surface area contributed by atoms with E-state index in [-0.39, 0.29) is 11.6 Å². The highest BCUT2D eigenvalue weighted by atomic mass is 35.5. The number of likely N-dealkylation sites (tertiary alicyclic amines) is 1. The largest absolute Gasteiger partial charge is 0.416 e. The molecule has 1 aliphatic heterocycles. The third kappa shape index (κ3) is 5.03. The van der Waals surface area contributed by atoms with E-state index in [1.165, 1.54) is 0 Å². The molecule has 1 atom stereocenters. The summed E-state index contributed by atoms with van der Waals surface area (Å²) in [6, 6.07) is 9.07. The number of amides is 1. The third-order valence-electron chi connectivity index (χ3n) is 5.80. The Labute approximate surface area is 193 Å². The zero-order chi connectivity index (χ0) is 23.8. The lowest BCUT2D eigenvalue weighted by Gasteiger charge is -2.25. The number of aromatic nitrogens is 3. The summed E-state index contributed by atoms with van der Waals surface area (Å²) < 4.78 is 55.2. The van der Waals surface area contributed by atoms with E-state index in [4.69, 9.17) is 11.6 Å². The average Bonchev–Trinajstić information content (AvgIpc) is 3.37. The number of hydrogen-bond acceptors (Lipinski definition) is 3. The number of carbonyl (C=O) groups excluding carboxylic acids is 1. The molecule has 1 amide bonds. The lowest BCUT2D eigenvalue weighted by molar-refractivity contribution is -0.138. The summed E-state index contributed by atoms with van der Waals surface area (Å²) in [5, 5.41) is 9.07. The van der Waals surface area contributed by atoms with E-state index in [2.05, 4.69) is 10.2 Å². The Balaban J connectivity index is 1.57. The van der Waals surface area contributed by atoms with Crippen LogP contribution in [0.15, 0.2) is 42.5 Å². The number of carbonyl (C=O) groups is 1. The number of hydrogen-bond donors (Lipinski definition) is 0. The Morgan fingerprint density at radius 2 is 1.88 bits per heavy atom. The van der Waals surface area contributed by atoms with Gasteiger partial charge in [-0.3, -0.25) is 4.79 Å². The van der Waals surface area contributed by atoms with Crippen LogP contribution in [0.1, 0.15) is 47.2 Å². The minimum Gasteiger partial charge on any atom is -0.332 e. The van der Waals surface area contributed by atoms with Crippen molar-refractivity contribution in [1.29, 1.82) is 0 Å². The molecular formula is C23H21ClF4N4O. The maximum atomic E-state index is 14.2. The minimum absolute atomic E-state index is 0.278. The average molecular weight is 481 g/mol. The van der Waals surface area contributed by atoms with Crippen molar-refractivity contribution in [2.24, 2.45) is 0 Å². The van der Waals surface area contributed by atoms with E-state index in [1.807, 2.05) is 23.6 Å². The van der Waals surface area contributed by atoms with Crippen molar-refractivity contribution in [3.05, 3.63) is 81.6 Å². The number of nitrogens with zero attached hydrogens (tertiary/aromatic N) is 4. The van der Waals surface area contributed by atoms with Gasteiger partial charge in [0.25, 0.3) is 0 Å². The molecule has 0 radical (unpaired) electrons. The molecule has 1 saturated heterocycles. The first-order valence-electron chi connectivity index (χ1n) is 10.4. The van der Waals surface area contributed by atoms with Gasteiger partial charge >= 0.3 is 6.18 Å². The molecule has 0 saturated carbocycles. The van der Waals surface area contributed by atoms with Crippen LogP contribution in [0.4, 0.5) is 17.6 Å². The summed E-state index contributed by atoms with van der Waals surface area (Å²) in [6.07, 6.45) is -3.74. The molecule has 1 aliphatic rings. The molecule has 2 heterocycles. The van der Waals surface area contributed by atoms with E-state index in [9.17, 15) is 22.4 Å². The highest BCUT2D eigenvalue weighted by molar-refractivity contribution is 6.30. The van der Waals surface area contributed by atoms with Gasteiger partial charge in [-0.15, -0.1) is 10.2 Å². The van der Waals surface area contributed by atoms with Gasteiger partial charge in [0.2, 0.25) is 5.91 Å². The summed E-state index contributed by atoms with van der Waals surface area (Å²) in [4.78, 5) is 14.6. The van der Waals surface area contributed by atoms with Crippen LogP contribution in [0.25, 0.3) is 0 Å². The van der Waals surface area contributed by atoms with E-state index >= 15 is 0 Å². The van der Waals surface area contributed by atoms with Gasteiger partial charge < -0.3 is 9.47 Å². The fourth-order valence-corrected chi connectivity index (χ4v) is 4.22. The molecule has 33 heavy (non-hydrogen) atoms. The fraction of sp³-hybridized carbons (Fsp3) is 0.348.